The highest BCUT2D eigenvalue weighted by atomic mass is 32.1. The molecular formula is C12H7N3S. The number of pyridine rings is 2. The maximum absolute atomic E-state index is 4.44. The first-order valence-corrected chi connectivity index (χ1v) is 5.85. The van der Waals surface area contributed by atoms with Gasteiger partial charge in [0.05, 0.1) is 11.0 Å². The molecule has 0 aliphatic rings. The lowest BCUT2D eigenvalue weighted by Crippen LogP contribution is -1.73. The first kappa shape index (κ1) is 8.24. The Bertz CT molecular complexity index is 747. The molecule has 0 fully saturated rings. The molecule has 0 aromatic carbocycles. The maximum Gasteiger partial charge on any atom is 0.125 e. The molecule has 0 unspecified atom stereocenters. The van der Waals surface area contributed by atoms with Crippen molar-refractivity contribution in [3.8, 4) is 0 Å². The molecule has 4 aromatic heterocycles. The van der Waals surface area contributed by atoms with Crippen LogP contribution in [-0.4, -0.2) is 15.0 Å². The van der Waals surface area contributed by atoms with Gasteiger partial charge in [-0.05, 0) is 24.3 Å². The summed E-state index contributed by atoms with van der Waals surface area (Å²) in [6.45, 7) is 0. The van der Waals surface area contributed by atoms with Crippen molar-refractivity contribution in [2.75, 3.05) is 0 Å². The quantitative estimate of drug-likeness (QED) is 0.498. The summed E-state index contributed by atoms with van der Waals surface area (Å²) < 4.78 is 0. The van der Waals surface area contributed by atoms with Crippen molar-refractivity contribution >= 4 is 42.8 Å². The number of H-pyrrole nitrogens is 1. The molecule has 0 spiro atoms. The van der Waals surface area contributed by atoms with Gasteiger partial charge in [0, 0.05) is 23.2 Å². The van der Waals surface area contributed by atoms with Gasteiger partial charge in [-0.2, -0.15) is 0 Å². The first-order chi connectivity index (χ1) is 7.93. The fraction of sp³-hybridized carbons (Fsp3) is 0. The van der Waals surface area contributed by atoms with Crippen molar-refractivity contribution < 1.29 is 0 Å². The second-order valence-electron chi connectivity index (χ2n) is 3.69. The molecule has 0 bridgehead atoms. The van der Waals surface area contributed by atoms with Crippen LogP contribution in [0.25, 0.3) is 31.5 Å². The average Bonchev–Trinajstić information content (AvgIpc) is 2.83. The molecule has 4 rings (SSSR count). The van der Waals surface area contributed by atoms with Crippen LogP contribution < -0.4 is 0 Å². The van der Waals surface area contributed by atoms with Gasteiger partial charge in [0.1, 0.15) is 9.66 Å². The highest BCUT2D eigenvalue weighted by Gasteiger charge is 2.11. The molecular weight excluding hydrogens is 218 g/mol. The highest BCUT2D eigenvalue weighted by molar-refractivity contribution is 7.25. The number of thiophene rings is 1. The Morgan fingerprint density at radius 3 is 2.94 bits per heavy atom. The Balaban J connectivity index is 2.38. The van der Waals surface area contributed by atoms with Crippen molar-refractivity contribution in [1.82, 2.24) is 15.0 Å². The normalized spacial score (nSPS) is 11.8. The Labute approximate surface area is 94.8 Å². The van der Waals surface area contributed by atoms with E-state index in [1.165, 1.54) is 10.8 Å². The number of nitrogens with zero attached hydrogens (tertiary/aromatic N) is 2. The molecule has 16 heavy (non-hydrogen) atoms. The summed E-state index contributed by atoms with van der Waals surface area (Å²) in [4.78, 5) is 14.4. The van der Waals surface area contributed by atoms with E-state index in [1.807, 2.05) is 24.5 Å². The van der Waals surface area contributed by atoms with E-state index >= 15 is 0 Å². The van der Waals surface area contributed by atoms with Gasteiger partial charge >= 0.3 is 0 Å². The minimum absolute atomic E-state index is 1.04. The summed E-state index contributed by atoms with van der Waals surface area (Å²) in [6.07, 6.45) is 3.66. The predicted octanol–water partition coefficient (Wildman–Crippen LogP) is 3.33. The van der Waals surface area contributed by atoms with Crippen LogP contribution in [-0.2, 0) is 0 Å². The van der Waals surface area contributed by atoms with E-state index in [-0.39, 0.29) is 0 Å². The van der Waals surface area contributed by atoms with Gasteiger partial charge in [0.15, 0.2) is 0 Å². The molecule has 1 N–H and O–H groups in total. The van der Waals surface area contributed by atoms with Crippen LogP contribution in [0, 0.1) is 0 Å². The third-order valence-corrected chi connectivity index (χ3v) is 3.79. The smallest absolute Gasteiger partial charge is 0.125 e. The van der Waals surface area contributed by atoms with E-state index in [0.29, 0.717) is 0 Å². The molecule has 0 aliphatic carbocycles. The van der Waals surface area contributed by atoms with Gasteiger partial charge in [0.25, 0.3) is 0 Å². The van der Waals surface area contributed by atoms with Crippen molar-refractivity contribution in [2.45, 2.75) is 0 Å². The molecule has 0 saturated heterocycles. The van der Waals surface area contributed by atoms with Crippen LogP contribution in [0.5, 0.6) is 0 Å². The first-order valence-electron chi connectivity index (χ1n) is 5.03. The van der Waals surface area contributed by atoms with Crippen LogP contribution in [0.2, 0.25) is 0 Å². The molecule has 4 aromatic rings. The van der Waals surface area contributed by atoms with Gasteiger partial charge in [-0.1, -0.05) is 11.3 Å². The Morgan fingerprint density at radius 2 is 1.94 bits per heavy atom. The predicted molar refractivity (Wildman–Crippen MR) is 66.8 cm³/mol. The number of aromatic nitrogens is 3. The molecule has 0 amide bonds. The third-order valence-electron chi connectivity index (χ3n) is 2.76. The van der Waals surface area contributed by atoms with Gasteiger partial charge in [-0.3, -0.25) is 4.98 Å². The Kier molecular flexibility index (Phi) is 1.44. The standard InChI is InChI=1S/C12H7N3S/c1-3-7-9-10-8(4-2-5-13-10)15-12(9)16-11(7)14-6-1/h1-6,15H. The molecule has 3 nitrogen and oxygen atoms in total. The molecule has 4 heteroatoms. The van der Waals surface area contributed by atoms with Gasteiger partial charge < -0.3 is 4.98 Å². The van der Waals surface area contributed by atoms with E-state index < -0.39 is 0 Å². The largest absolute Gasteiger partial charge is 0.345 e. The summed E-state index contributed by atoms with van der Waals surface area (Å²) in [5.41, 5.74) is 2.13. The van der Waals surface area contributed by atoms with E-state index in [9.17, 15) is 0 Å². The lowest BCUT2D eigenvalue weighted by atomic mass is 10.2. The minimum atomic E-state index is 1.04. The van der Waals surface area contributed by atoms with Crippen molar-refractivity contribution in [1.29, 1.82) is 0 Å². The number of fused-ring (bicyclic) bond motifs is 5. The summed E-state index contributed by atoms with van der Waals surface area (Å²) >= 11 is 1.68. The van der Waals surface area contributed by atoms with Crippen LogP contribution in [0.3, 0.4) is 0 Å². The average molecular weight is 225 g/mol. The summed E-state index contributed by atoms with van der Waals surface area (Å²) in [5, 5.41) is 2.39. The maximum atomic E-state index is 4.44. The van der Waals surface area contributed by atoms with Crippen LogP contribution >= 0.6 is 11.3 Å². The summed E-state index contributed by atoms with van der Waals surface area (Å²) in [7, 11) is 0. The molecule has 0 radical (unpaired) electrons. The lowest BCUT2D eigenvalue weighted by Gasteiger charge is -1.89. The zero-order chi connectivity index (χ0) is 10.5. The second-order valence-corrected chi connectivity index (χ2v) is 4.69. The van der Waals surface area contributed by atoms with E-state index in [4.69, 9.17) is 0 Å². The summed E-state index contributed by atoms with van der Waals surface area (Å²) in [6, 6.07) is 8.07. The third kappa shape index (κ3) is 0.919. The number of aromatic amines is 1. The summed E-state index contributed by atoms with van der Waals surface area (Å²) in [5.74, 6) is 0. The monoisotopic (exact) mass is 225 g/mol. The van der Waals surface area contributed by atoms with Gasteiger partial charge in [0.2, 0.25) is 0 Å². The number of rotatable bonds is 0. The molecule has 76 valence electrons. The topological polar surface area (TPSA) is 41.6 Å². The SMILES string of the molecule is c1cnc2c(c1)[nH]c1sc3ncccc3c12. The fourth-order valence-electron chi connectivity index (χ4n) is 2.08. The molecule has 0 saturated carbocycles. The fourth-order valence-corrected chi connectivity index (χ4v) is 3.14. The van der Waals surface area contributed by atoms with Gasteiger partial charge in [-0.25, -0.2) is 4.98 Å². The van der Waals surface area contributed by atoms with Gasteiger partial charge in [-0.15, -0.1) is 0 Å². The van der Waals surface area contributed by atoms with Crippen molar-refractivity contribution in [3.05, 3.63) is 36.7 Å². The number of hydrogen-bond donors (Lipinski definition) is 1. The molecule has 4 heterocycles. The number of nitrogens with one attached hydrogen (secondary N) is 1. The van der Waals surface area contributed by atoms with E-state index in [1.54, 1.807) is 11.3 Å². The van der Waals surface area contributed by atoms with Crippen molar-refractivity contribution in [2.24, 2.45) is 0 Å². The Hall–Kier alpha value is -1.94. The molecule has 0 atom stereocenters. The number of hydrogen-bond acceptors (Lipinski definition) is 3. The zero-order valence-corrected chi connectivity index (χ0v) is 9.08. The van der Waals surface area contributed by atoms with Crippen molar-refractivity contribution in [3.63, 3.8) is 0 Å². The van der Waals surface area contributed by atoms with Crippen LogP contribution in [0.15, 0.2) is 36.7 Å². The van der Waals surface area contributed by atoms with E-state index in [2.05, 4.69) is 27.1 Å². The molecule has 0 aliphatic heterocycles. The minimum Gasteiger partial charge on any atom is -0.345 e. The second kappa shape index (κ2) is 2.80. The van der Waals surface area contributed by atoms with Crippen LogP contribution in [0.1, 0.15) is 0 Å². The zero-order valence-electron chi connectivity index (χ0n) is 8.27. The lowest BCUT2D eigenvalue weighted by molar-refractivity contribution is 1.42. The Morgan fingerprint density at radius 1 is 1.06 bits per heavy atom. The highest BCUT2D eigenvalue weighted by Crippen LogP contribution is 2.36. The van der Waals surface area contributed by atoms with Crippen LogP contribution in [0.4, 0.5) is 0 Å². The van der Waals surface area contributed by atoms with E-state index in [0.717, 1.165) is 20.7 Å².